The maximum Gasteiger partial charge on any atom is 0.254 e. The second kappa shape index (κ2) is 18.6. The average molecular weight is 673 g/mol. The number of carbonyl (C=O) groups is 1. The van der Waals surface area contributed by atoms with E-state index in [0.29, 0.717) is 47.1 Å². The summed E-state index contributed by atoms with van der Waals surface area (Å²) in [7, 11) is 0. The minimum Gasteiger partial charge on any atom is -0.507 e. The van der Waals surface area contributed by atoms with Crippen LogP contribution < -0.4 is 27.3 Å². The van der Waals surface area contributed by atoms with Gasteiger partial charge >= 0.3 is 0 Å². The van der Waals surface area contributed by atoms with E-state index in [9.17, 15) is 9.90 Å². The number of aromatic hydroxyl groups is 1. The van der Waals surface area contributed by atoms with Gasteiger partial charge in [0.1, 0.15) is 24.0 Å². The molecule has 0 spiro atoms. The van der Waals surface area contributed by atoms with Crippen LogP contribution in [0, 0.1) is 11.8 Å². The number of hydrogen-bond donors (Lipinski definition) is 5. The van der Waals surface area contributed by atoms with E-state index in [1.807, 2.05) is 39.3 Å². The molecule has 12 heteroatoms. The first-order chi connectivity index (χ1) is 23.7. The monoisotopic (exact) mass is 672 g/mol. The third-order valence-corrected chi connectivity index (χ3v) is 9.17. The number of rotatable bonds is 15. The van der Waals surface area contributed by atoms with E-state index >= 15 is 0 Å². The standard InChI is InChI=1S/C37H52N8O4/c1-4-41-22-27(23-42-16-7-17-43-33(37(39)40)20-32(38)30-8-5-6-9-34(30)47)26-14-18-45(19-15-26)28-10-12-29(13-11-28)48-36-21-35(49-44-36)31(24-46)25(2)3/h4-9,16,20-26,28-29,31,43,47H,10-15,17-19,38-40H2,1-3H3/b16-7?,27-22+,32-20-,41-4?,42-23?. The number of nitrogens with zero attached hydrogens (tertiary/aromatic N) is 4. The fourth-order valence-electron chi connectivity index (χ4n) is 6.34. The largest absolute Gasteiger partial charge is 0.507 e. The Hall–Kier alpha value is -4.84. The van der Waals surface area contributed by atoms with E-state index in [-0.39, 0.29) is 29.5 Å². The van der Waals surface area contributed by atoms with Crippen molar-refractivity contribution in [3.63, 3.8) is 0 Å². The molecule has 12 nitrogen and oxygen atoms in total. The van der Waals surface area contributed by atoms with Gasteiger partial charge in [0.15, 0.2) is 5.76 Å². The summed E-state index contributed by atoms with van der Waals surface area (Å²) in [6, 6.07) is 9.11. The highest BCUT2D eigenvalue weighted by atomic mass is 16.5. The first-order valence-corrected chi connectivity index (χ1v) is 17.1. The predicted molar refractivity (Wildman–Crippen MR) is 195 cm³/mol. The number of piperidine rings is 1. The van der Waals surface area contributed by atoms with Crippen molar-refractivity contribution in [3.8, 4) is 11.6 Å². The van der Waals surface area contributed by atoms with E-state index in [4.69, 9.17) is 26.5 Å². The molecule has 4 rings (SSSR count). The molecular formula is C37H52N8O4. The number of ether oxygens (including phenoxy) is 1. The van der Waals surface area contributed by atoms with Crippen molar-refractivity contribution >= 4 is 24.4 Å². The Morgan fingerprint density at radius 1 is 1.12 bits per heavy atom. The van der Waals surface area contributed by atoms with Crippen LogP contribution in [0.5, 0.6) is 11.6 Å². The number of para-hydroxylation sites is 1. The molecule has 49 heavy (non-hydrogen) atoms. The van der Waals surface area contributed by atoms with E-state index in [2.05, 4.69) is 25.4 Å². The first kappa shape index (κ1) is 37.0. The molecule has 8 N–H and O–H groups in total. The fourth-order valence-corrected chi connectivity index (χ4v) is 6.34. The zero-order chi connectivity index (χ0) is 35.2. The number of nitrogens with one attached hydrogen (secondary N) is 1. The van der Waals surface area contributed by atoms with Gasteiger partial charge in [-0.1, -0.05) is 26.0 Å². The Morgan fingerprint density at radius 2 is 1.86 bits per heavy atom. The molecule has 2 aromatic rings. The van der Waals surface area contributed by atoms with Crippen LogP contribution in [-0.4, -0.2) is 65.7 Å². The lowest BCUT2D eigenvalue weighted by atomic mass is 9.86. The number of likely N-dealkylation sites (tertiary alicyclic amines) is 1. The van der Waals surface area contributed by atoms with Crippen molar-refractivity contribution in [2.24, 2.45) is 39.0 Å². The molecule has 1 aliphatic heterocycles. The molecule has 1 aliphatic carbocycles. The summed E-state index contributed by atoms with van der Waals surface area (Å²) in [4.78, 5) is 23.0. The molecule has 1 atom stereocenters. The van der Waals surface area contributed by atoms with Crippen molar-refractivity contribution in [1.82, 2.24) is 15.4 Å². The highest BCUT2D eigenvalue weighted by Gasteiger charge is 2.31. The van der Waals surface area contributed by atoms with Crippen molar-refractivity contribution in [3.05, 3.63) is 83.3 Å². The smallest absolute Gasteiger partial charge is 0.254 e. The van der Waals surface area contributed by atoms with Crippen LogP contribution in [0.3, 0.4) is 0 Å². The molecule has 0 amide bonds. The van der Waals surface area contributed by atoms with Gasteiger partial charge in [0.25, 0.3) is 5.88 Å². The normalized spacial score (nSPS) is 20.7. The Morgan fingerprint density at radius 3 is 2.51 bits per heavy atom. The minimum atomic E-state index is -0.308. The van der Waals surface area contributed by atoms with Crippen molar-refractivity contribution < 1.29 is 19.2 Å². The number of aldehydes is 1. The molecule has 1 saturated carbocycles. The number of hydrogen-bond acceptors (Lipinski definition) is 12. The Labute approximate surface area is 289 Å². The van der Waals surface area contributed by atoms with Crippen LogP contribution in [-0.2, 0) is 4.79 Å². The second-order valence-corrected chi connectivity index (χ2v) is 12.9. The van der Waals surface area contributed by atoms with Crippen LogP contribution in [0.2, 0.25) is 0 Å². The minimum absolute atomic E-state index is 0.0761. The van der Waals surface area contributed by atoms with Gasteiger partial charge in [-0.05, 0) is 105 Å². The van der Waals surface area contributed by atoms with Gasteiger partial charge < -0.3 is 46.6 Å². The van der Waals surface area contributed by atoms with Gasteiger partial charge in [0, 0.05) is 54.7 Å². The topological polar surface area (TPSA) is 191 Å². The molecule has 0 radical (unpaired) electrons. The number of aliphatic imine (C=N–C) groups is 2. The first-order valence-electron chi connectivity index (χ1n) is 17.1. The second-order valence-electron chi connectivity index (χ2n) is 12.9. The highest BCUT2D eigenvalue weighted by Crippen LogP contribution is 2.32. The molecular weight excluding hydrogens is 620 g/mol. The van der Waals surface area contributed by atoms with E-state index in [1.54, 1.807) is 48.8 Å². The summed E-state index contributed by atoms with van der Waals surface area (Å²) < 4.78 is 11.5. The summed E-state index contributed by atoms with van der Waals surface area (Å²) in [6.45, 7) is 8.37. The lowest BCUT2D eigenvalue weighted by Crippen LogP contribution is -2.44. The summed E-state index contributed by atoms with van der Waals surface area (Å²) in [5.74, 6) is 1.41. The summed E-state index contributed by atoms with van der Waals surface area (Å²) in [6.07, 6.45) is 18.0. The van der Waals surface area contributed by atoms with Crippen LogP contribution in [0.25, 0.3) is 5.70 Å². The van der Waals surface area contributed by atoms with Crippen LogP contribution in [0.4, 0.5) is 0 Å². The molecule has 2 fully saturated rings. The molecule has 1 aromatic heterocycles. The molecule has 2 aliphatic rings. The molecule has 1 unspecified atom stereocenters. The van der Waals surface area contributed by atoms with Gasteiger partial charge in [-0.15, -0.1) is 0 Å². The van der Waals surface area contributed by atoms with Crippen molar-refractivity contribution in [2.45, 2.75) is 77.4 Å². The Kier molecular flexibility index (Phi) is 14.1. The Balaban J connectivity index is 1.23. The maximum atomic E-state index is 11.4. The molecule has 2 heterocycles. The molecule has 1 saturated heterocycles. The lowest BCUT2D eigenvalue weighted by Gasteiger charge is -2.40. The number of nitrogens with two attached hydrogens (primary N) is 3. The fraction of sp³-hybridized carbons (Fsp3) is 0.459. The summed E-state index contributed by atoms with van der Waals surface area (Å²) >= 11 is 0. The summed E-state index contributed by atoms with van der Waals surface area (Å²) in [5, 5.41) is 17.3. The van der Waals surface area contributed by atoms with Crippen LogP contribution >= 0.6 is 0 Å². The van der Waals surface area contributed by atoms with Crippen molar-refractivity contribution in [1.29, 1.82) is 0 Å². The number of benzene rings is 1. The average Bonchev–Trinajstić information content (AvgIpc) is 3.55. The number of carbonyl (C=O) groups excluding carboxylic acids is 1. The van der Waals surface area contributed by atoms with Gasteiger partial charge in [0.2, 0.25) is 0 Å². The number of aromatic nitrogens is 1. The van der Waals surface area contributed by atoms with E-state index in [0.717, 1.165) is 63.5 Å². The molecule has 0 bridgehead atoms. The summed E-state index contributed by atoms with van der Waals surface area (Å²) in [5.41, 5.74) is 20.3. The predicted octanol–water partition coefficient (Wildman–Crippen LogP) is 4.96. The number of phenols is 1. The van der Waals surface area contributed by atoms with E-state index in [1.165, 1.54) is 0 Å². The van der Waals surface area contributed by atoms with Gasteiger partial charge in [-0.2, -0.15) is 0 Å². The zero-order valence-corrected chi connectivity index (χ0v) is 28.9. The maximum absolute atomic E-state index is 11.4. The third kappa shape index (κ3) is 10.8. The highest BCUT2D eigenvalue weighted by molar-refractivity contribution is 5.80. The van der Waals surface area contributed by atoms with Gasteiger partial charge in [-0.25, -0.2) is 0 Å². The quantitative estimate of drug-likeness (QED) is 0.0982. The zero-order valence-electron chi connectivity index (χ0n) is 28.9. The lowest BCUT2D eigenvalue weighted by molar-refractivity contribution is -0.110. The Bertz CT molecular complexity index is 1540. The van der Waals surface area contributed by atoms with Gasteiger partial charge in [-0.3, -0.25) is 9.98 Å². The number of allylic oxidation sites excluding steroid dienone is 2. The molecule has 1 aromatic carbocycles. The van der Waals surface area contributed by atoms with Crippen molar-refractivity contribution in [2.75, 3.05) is 19.6 Å². The molecule has 264 valence electrons. The van der Waals surface area contributed by atoms with E-state index < -0.39 is 0 Å². The number of phenolic OH excluding ortho intramolecular Hbond substituents is 1. The third-order valence-electron chi connectivity index (χ3n) is 9.17. The van der Waals surface area contributed by atoms with Gasteiger partial charge in [0.05, 0.1) is 11.6 Å². The van der Waals surface area contributed by atoms with Crippen LogP contribution in [0.15, 0.2) is 86.5 Å². The SMILES string of the molecule is CC=N/C=C(\C=NC=CCNC(/C=C(\N)c1ccccc1O)=C(N)N)C1CCN(C2CCC(Oc3cc(C(C=O)C(C)C)on3)CC2)CC1. The van der Waals surface area contributed by atoms with Crippen LogP contribution in [0.1, 0.15) is 76.5 Å².